The molecule has 0 radical (unpaired) electrons. The van der Waals surface area contributed by atoms with Gasteiger partial charge in [-0.3, -0.25) is 4.79 Å². The second kappa shape index (κ2) is 5.27. The summed E-state index contributed by atoms with van der Waals surface area (Å²) in [6, 6.07) is 2.32. The zero-order chi connectivity index (χ0) is 13.2. The van der Waals surface area contributed by atoms with Crippen molar-refractivity contribution in [2.45, 2.75) is 70.1 Å². The normalized spacial score (nSPS) is 40.2. The van der Waals surface area contributed by atoms with Gasteiger partial charge in [-0.25, -0.2) is 0 Å². The summed E-state index contributed by atoms with van der Waals surface area (Å²) in [5.74, 6) is 0.557. The van der Waals surface area contributed by atoms with Gasteiger partial charge < -0.3 is 10.1 Å². The van der Waals surface area contributed by atoms with Crippen molar-refractivity contribution in [2.75, 3.05) is 0 Å². The van der Waals surface area contributed by atoms with E-state index in [1.54, 1.807) is 0 Å². The van der Waals surface area contributed by atoms with E-state index in [-0.39, 0.29) is 18.1 Å². The number of carbonyl (C=O) groups excluding carboxylic acids is 1. The molecule has 0 spiro atoms. The van der Waals surface area contributed by atoms with Gasteiger partial charge in [0.1, 0.15) is 11.6 Å². The van der Waals surface area contributed by atoms with Crippen molar-refractivity contribution in [3.8, 4) is 6.07 Å². The summed E-state index contributed by atoms with van der Waals surface area (Å²) in [6.07, 6.45) is 5.04. The van der Waals surface area contributed by atoms with Gasteiger partial charge in [0.05, 0.1) is 12.2 Å². The standard InChI is InChI=1S/C14H22N2O2/c1-10-5-7-14(9-15,8-6-10)16-13(17)12-4-3-11(2)18-12/h10-12H,3-8H2,1-2H3,(H,16,17). The minimum Gasteiger partial charge on any atom is -0.365 e. The molecule has 0 aromatic heterocycles. The van der Waals surface area contributed by atoms with Crippen LogP contribution in [0.3, 0.4) is 0 Å². The number of hydrogen-bond donors (Lipinski definition) is 1. The summed E-state index contributed by atoms with van der Waals surface area (Å²) in [5, 5.41) is 12.3. The topological polar surface area (TPSA) is 62.1 Å². The van der Waals surface area contributed by atoms with E-state index < -0.39 is 5.54 Å². The number of amides is 1. The fourth-order valence-electron chi connectivity index (χ4n) is 2.83. The molecule has 1 aliphatic carbocycles. The lowest BCUT2D eigenvalue weighted by Gasteiger charge is -2.35. The summed E-state index contributed by atoms with van der Waals surface area (Å²) in [5.41, 5.74) is -0.654. The molecule has 2 fully saturated rings. The molecular formula is C14H22N2O2. The van der Waals surface area contributed by atoms with Gasteiger partial charge in [-0.15, -0.1) is 0 Å². The van der Waals surface area contributed by atoms with E-state index in [1.165, 1.54) is 0 Å². The molecule has 18 heavy (non-hydrogen) atoms. The first-order chi connectivity index (χ1) is 8.54. The summed E-state index contributed by atoms with van der Waals surface area (Å²) < 4.78 is 5.55. The smallest absolute Gasteiger partial charge is 0.250 e. The van der Waals surface area contributed by atoms with Gasteiger partial charge in [0.25, 0.3) is 0 Å². The number of ether oxygens (including phenoxy) is 1. The third kappa shape index (κ3) is 2.84. The van der Waals surface area contributed by atoms with E-state index in [0.717, 1.165) is 38.5 Å². The Morgan fingerprint density at radius 3 is 2.44 bits per heavy atom. The van der Waals surface area contributed by atoms with Gasteiger partial charge in [0.2, 0.25) is 5.91 Å². The van der Waals surface area contributed by atoms with Gasteiger partial charge >= 0.3 is 0 Å². The molecule has 1 aliphatic heterocycles. The molecule has 2 aliphatic rings. The van der Waals surface area contributed by atoms with Crippen molar-refractivity contribution in [1.82, 2.24) is 5.32 Å². The van der Waals surface area contributed by atoms with Crippen LogP contribution in [0.15, 0.2) is 0 Å². The number of nitrogens with zero attached hydrogens (tertiary/aromatic N) is 1. The van der Waals surface area contributed by atoms with E-state index in [0.29, 0.717) is 5.92 Å². The summed E-state index contributed by atoms with van der Waals surface area (Å²) in [6.45, 7) is 4.18. The van der Waals surface area contributed by atoms with E-state index in [2.05, 4.69) is 18.3 Å². The third-order valence-electron chi connectivity index (χ3n) is 4.23. The van der Waals surface area contributed by atoms with Crippen LogP contribution in [0.1, 0.15) is 52.4 Å². The Bertz CT molecular complexity index is 353. The molecule has 1 heterocycles. The molecule has 2 unspecified atom stereocenters. The highest BCUT2D eigenvalue weighted by molar-refractivity contribution is 5.82. The van der Waals surface area contributed by atoms with Gasteiger partial charge in [0.15, 0.2) is 0 Å². The number of carbonyl (C=O) groups is 1. The number of rotatable bonds is 2. The molecule has 0 aromatic carbocycles. The Hall–Kier alpha value is -1.08. The first-order valence-corrected chi connectivity index (χ1v) is 6.93. The van der Waals surface area contributed by atoms with Gasteiger partial charge in [-0.2, -0.15) is 5.26 Å². The van der Waals surface area contributed by atoms with Crippen LogP contribution in [0.5, 0.6) is 0 Å². The van der Waals surface area contributed by atoms with Crippen molar-refractivity contribution in [3.05, 3.63) is 0 Å². The maximum atomic E-state index is 12.1. The maximum absolute atomic E-state index is 12.1. The minimum atomic E-state index is -0.654. The van der Waals surface area contributed by atoms with E-state index >= 15 is 0 Å². The number of nitrogens with one attached hydrogen (secondary N) is 1. The van der Waals surface area contributed by atoms with Crippen LogP contribution in [0.2, 0.25) is 0 Å². The van der Waals surface area contributed by atoms with Crippen LogP contribution in [0.25, 0.3) is 0 Å². The molecule has 1 saturated carbocycles. The second-order valence-corrected chi connectivity index (χ2v) is 5.88. The lowest BCUT2D eigenvalue weighted by Crippen LogP contribution is -2.52. The highest BCUT2D eigenvalue weighted by Crippen LogP contribution is 2.32. The summed E-state index contributed by atoms with van der Waals surface area (Å²) >= 11 is 0. The molecule has 1 saturated heterocycles. The molecule has 4 heteroatoms. The first-order valence-electron chi connectivity index (χ1n) is 6.93. The molecule has 1 N–H and O–H groups in total. The van der Waals surface area contributed by atoms with Crippen molar-refractivity contribution < 1.29 is 9.53 Å². The maximum Gasteiger partial charge on any atom is 0.250 e. The number of nitriles is 1. The summed E-state index contributed by atoms with van der Waals surface area (Å²) in [7, 11) is 0. The highest BCUT2D eigenvalue weighted by atomic mass is 16.5. The quantitative estimate of drug-likeness (QED) is 0.816. The van der Waals surface area contributed by atoms with Crippen LogP contribution in [-0.2, 0) is 9.53 Å². The largest absolute Gasteiger partial charge is 0.365 e. The Morgan fingerprint density at radius 2 is 1.94 bits per heavy atom. The molecule has 4 nitrogen and oxygen atoms in total. The molecule has 0 bridgehead atoms. The third-order valence-corrected chi connectivity index (χ3v) is 4.23. The Kier molecular flexibility index (Phi) is 3.91. The lowest BCUT2D eigenvalue weighted by atomic mass is 9.78. The SMILES string of the molecule is CC1CCC(C#N)(NC(=O)C2CCC(C)O2)CC1. The molecule has 1 amide bonds. The summed E-state index contributed by atoms with van der Waals surface area (Å²) in [4.78, 5) is 12.1. The molecule has 2 rings (SSSR count). The second-order valence-electron chi connectivity index (χ2n) is 5.88. The van der Waals surface area contributed by atoms with Gasteiger partial charge in [0, 0.05) is 0 Å². The minimum absolute atomic E-state index is 0.101. The van der Waals surface area contributed by atoms with Crippen LogP contribution < -0.4 is 5.32 Å². The van der Waals surface area contributed by atoms with E-state index in [1.807, 2.05) is 6.92 Å². The predicted octanol–water partition coefficient (Wildman–Crippen LogP) is 2.14. The Balaban J connectivity index is 1.94. The fourth-order valence-corrected chi connectivity index (χ4v) is 2.83. The van der Waals surface area contributed by atoms with Crippen molar-refractivity contribution in [2.24, 2.45) is 5.92 Å². The zero-order valence-electron chi connectivity index (χ0n) is 11.2. The first kappa shape index (κ1) is 13.4. The fraction of sp³-hybridized carbons (Fsp3) is 0.857. The zero-order valence-corrected chi connectivity index (χ0v) is 11.2. The monoisotopic (exact) mass is 250 g/mol. The van der Waals surface area contributed by atoms with Crippen LogP contribution in [-0.4, -0.2) is 23.7 Å². The predicted molar refractivity (Wildman–Crippen MR) is 67.7 cm³/mol. The average molecular weight is 250 g/mol. The van der Waals surface area contributed by atoms with Crippen LogP contribution in [0, 0.1) is 17.2 Å². The van der Waals surface area contributed by atoms with Crippen molar-refractivity contribution in [1.29, 1.82) is 5.26 Å². The van der Waals surface area contributed by atoms with Crippen LogP contribution >= 0.6 is 0 Å². The molecule has 0 aromatic rings. The highest BCUT2D eigenvalue weighted by Gasteiger charge is 2.38. The average Bonchev–Trinajstić information content (AvgIpc) is 2.79. The lowest BCUT2D eigenvalue weighted by molar-refractivity contribution is -0.133. The van der Waals surface area contributed by atoms with E-state index in [9.17, 15) is 10.1 Å². The number of hydrogen-bond acceptors (Lipinski definition) is 3. The molecule has 2 atom stereocenters. The van der Waals surface area contributed by atoms with Gasteiger partial charge in [-0.1, -0.05) is 6.92 Å². The Morgan fingerprint density at radius 1 is 1.28 bits per heavy atom. The molecular weight excluding hydrogens is 228 g/mol. The Labute approximate surface area is 109 Å². The van der Waals surface area contributed by atoms with E-state index in [4.69, 9.17) is 4.74 Å². The van der Waals surface area contributed by atoms with Crippen LogP contribution in [0.4, 0.5) is 0 Å². The molecule has 100 valence electrons. The van der Waals surface area contributed by atoms with Crippen molar-refractivity contribution >= 4 is 5.91 Å². The van der Waals surface area contributed by atoms with Gasteiger partial charge in [-0.05, 0) is 51.4 Å². The van der Waals surface area contributed by atoms with Crippen molar-refractivity contribution in [3.63, 3.8) is 0 Å².